The second kappa shape index (κ2) is 11.6. The molecule has 3 fully saturated rings. The minimum atomic E-state index is -0.627. The van der Waals surface area contributed by atoms with E-state index in [2.05, 4.69) is 58.3 Å². The largest absolute Gasteiger partial charge is 0.393 e. The average Bonchev–Trinajstić information content (AvgIpc) is 3.17. The van der Waals surface area contributed by atoms with Gasteiger partial charge >= 0.3 is 0 Å². The van der Waals surface area contributed by atoms with Gasteiger partial charge in [0.05, 0.1) is 17.8 Å². The Morgan fingerprint density at radius 1 is 1.21 bits per heavy atom. The van der Waals surface area contributed by atoms with Gasteiger partial charge in [0.25, 0.3) is 0 Å². The van der Waals surface area contributed by atoms with Crippen LogP contribution < -0.4 is 0 Å². The minimum Gasteiger partial charge on any atom is -0.393 e. The van der Waals surface area contributed by atoms with Crippen LogP contribution in [-0.4, -0.2) is 33.1 Å². The van der Waals surface area contributed by atoms with Crippen molar-refractivity contribution in [2.75, 3.05) is 0 Å². The molecule has 0 heterocycles. The number of allylic oxidation sites excluding steroid dienone is 3. The molecule has 3 nitrogen and oxygen atoms in total. The molecule has 3 aliphatic rings. The summed E-state index contributed by atoms with van der Waals surface area (Å²) in [6, 6.07) is 0. The third-order valence-corrected chi connectivity index (χ3v) is 9.50. The molecule has 0 aromatic carbocycles. The van der Waals surface area contributed by atoms with Crippen LogP contribution >= 0.6 is 0 Å². The number of hydrogen-bond donors (Lipinski definition) is 3. The Morgan fingerprint density at radius 2 is 1.94 bits per heavy atom. The van der Waals surface area contributed by atoms with Crippen molar-refractivity contribution in [2.24, 2.45) is 23.2 Å². The molecular formula is C31H48O3. The van der Waals surface area contributed by atoms with Crippen LogP contribution in [0.5, 0.6) is 0 Å². The Labute approximate surface area is 208 Å². The van der Waals surface area contributed by atoms with E-state index >= 15 is 0 Å². The summed E-state index contributed by atoms with van der Waals surface area (Å²) in [6.45, 7) is 13.0. The molecule has 2 unspecified atom stereocenters. The number of unbranched alkanes of at least 4 members (excludes halogenated alkanes) is 1. The van der Waals surface area contributed by atoms with Crippen molar-refractivity contribution in [2.45, 2.75) is 123 Å². The lowest BCUT2D eigenvalue weighted by Gasteiger charge is -2.43. The van der Waals surface area contributed by atoms with Crippen molar-refractivity contribution in [3.8, 4) is 11.8 Å². The Morgan fingerprint density at radius 3 is 2.65 bits per heavy atom. The molecule has 0 radical (unpaired) electrons. The Hall–Kier alpha value is -1.34. The summed E-state index contributed by atoms with van der Waals surface area (Å²) in [5, 5.41) is 30.7. The fraction of sp³-hybridized carbons (Fsp3) is 0.742. The van der Waals surface area contributed by atoms with Gasteiger partial charge in [0.15, 0.2) is 0 Å². The Bertz CT molecular complexity index is 836. The van der Waals surface area contributed by atoms with Gasteiger partial charge in [-0.3, -0.25) is 0 Å². The smallest absolute Gasteiger partial charge is 0.0811 e. The van der Waals surface area contributed by atoms with Gasteiger partial charge in [-0.1, -0.05) is 57.9 Å². The van der Waals surface area contributed by atoms with Gasteiger partial charge in [0, 0.05) is 18.8 Å². The van der Waals surface area contributed by atoms with E-state index in [9.17, 15) is 15.3 Å². The molecule has 0 aromatic heterocycles. The van der Waals surface area contributed by atoms with Crippen LogP contribution in [0.2, 0.25) is 0 Å². The summed E-state index contributed by atoms with van der Waals surface area (Å²) < 4.78 is 0. The molecule has 6 atom stereocenters. The summed E-state index contributed by atoms with van der Waals surface area (Å²) in [5.41, 5.74) is 3.08. The van der Waals surface area contributed by atoms with Crippen LogP contribution in [0, 0.1) is 35.0 Å². The first-order valence-electron chi connectivity index (χ1n) is 13.8. The lowest BCUT2D eigenvalue weighted by Crippen LogP contribution is -2.35. The highest BCUT2D eigenvalue weighted by atomic mass is 16.3. The maximum absolute atomic E-state index is 10.5. The highest BCUT2D eigenvalue weighted by molar-refractivity contribution is 5.38. The van der Waals surface area contributed by atoms with Crippen LogP contribution in [0.15, 0.2) is 35.5 Å². The third kappa shape index (κ3) is 6.07. The predicted octanol–water partition coefficient (Wildman–Crippen LogP) is 6.49. The van der Waals surface area contributed by atoms with Crippen LogP contribution in [0.4, 0.5) is 0 Å². The van der Waals surface area contributed by atoms with Crippen molar-refractivity contribution < 1.29 is 15.3 Å². The first kappa shape index (κ1) is 27.3. The number of aliphatic hydroxyl groups is 3. The van der Waals surface area contributed by atoms with E-state index in [1.165, 1.54) is 31.3 Å². The lowest BCUT2D eigenvalue weighted by atomic mass is 9.61. The maximum Gasteiger partial charge on any atom is 0.0811 e. The number of rotatable bonds is 7. The van der Waals surface area contributed by atoms with Crippen LogP contribution in [0.1, 0.15) is 105 Å². The summed E-state index contributed by atoms with van der Waals surface area (Å²) in [4.78, 5) is 0. The molecule has 0 bridgehead atoms. The fourth-order valence-corrected chi connectivity index (χ4v) is 7.01. The second-order valence-electron chi connectivity index (χ2n) is 11.6. The molecule has 3 N–H and O–H groups in total. The molecule has 0 aliphatic heterocycles. The van der Waals surface area contributed by atoms with Crippen LogP contribution in [0.3, 0.4) is 0 Å². The molecular weight excluding hydrogens is 420 g/mol. The van der Waals surface area contributed by atoms with Gasteiger partial charge in [-0.2, -0.15) is 0 Å². The molecule has 34 heavy (non-hydrogen) atoms. The predicted molar refractivity (Wildman–Crippen MR) is 141 cm³/mol. The molecule has 0 spiro atoms. The number of fused-ring (bicyclic) bond motifs is 1. The van der Waals surface area contributed by atoms with Crippen LogP contribution in [0.25, 0.3) is 0 Å². The molecule has 0 amide bonds. The van der Waals surface area contributed by atoms with Gasteiger partial charge in [-0.15, -0.1) is 5.92 Å². The van der Waals surface area contributed by atoms with Gasteiger partial charge in [0.1, 0.15) is 0 Å². The van der Waals surface area contributed by atoms with E-state index in [1.807, 2.05) is 0 Å². The fourth-order valence-electron chi connectivity index (χ4n) is 7.01. The summed E-state index contributed by atoms with van der Waals surface area (Å²) in [7, 11) is 0. The molecule has 3 heteroatoms. The van der Waals surface area contributed by atoms with E-state index in [-0.39, 0.29) is 0 Å². The third-order valence-electron chi connectivity index (χ3n) is 9.50. The van der Waals surface area contributed by atoms with Gasteiger partial charge in [-0.25, -0.2) is 0 Å². The molecule has 3 saturated carbocycles. The van der Waals surface area contributed by atoms with E-state index in [0.717, 1.165) is 49.7 Å². The Balaban J connectivity index is 1.64. The van der Waals surface area contributed by atoms with E-state index < -0.39 is 17.8 Å². The molecule has 3 aliphatic carbocycles. The van der Waals surface area contributed by atoms with Gasteiger partial charge in [0.2, 0.25) is 0 Å². The highest BCUT2D eigenvalue weighted by Crippen LogP contribution is 2.59. The summed E-state index contributed by atoms with van der Waals surface area (Å²) in [6.07, 6.45) is 14.7. The molecule has 0 aromatic rings. The van der Waals surface area contributed by atoms with Crippen LogP contribution in [-0.2, 0) is 0 Å². The molecule has 3 rings (SSSR count). The highest BCUT2D eigenvalue weighted by Gasteiger charge is 2.50. The number of hydrogen-bond acceptors (Lipinski definition) is 3. The van der Waals surface area contributed by atoms with Gasteiger partial charge < -0.3 is 15.3 Å². The topological polar surface area (TPSA) is 60.7 Å². The Kier molecular flexibility index (Phi) is 9.29. The van der Waals surface area contributed by atoms with Crippen molar-refractivity contribution in [1.29, 1.82) is 0 Å². The lowest BCUT2D eigenvalue weighted by molar-refractivity contribution is 0.0221. The first-order chi connectivity index (χ1) is 16.1. The number of aliphatic hydroxyl groups excluding tert-OH is 2. The quantitative estimate of drug-likeness (QED) is 0.296. The standard InChI is InChI=1S/C31H48O3/c1-6-31(34,7-2)19-10-8-9-12-22(3)27-16-17-28-24(13-11-18-30(27,28)5)14-15-25-20-26(32)21-29(33)23(25)4/h14-15,22,26-29,32-34H,4,6-8,10-11,13,16-21H2,1-3,5H3/b24-14+,25-15-/t22?,26-,27?,28+,29+,30-/m1/s1. The minimum absolute atomic E-state index is 0.296. The van der Waals surface area contributed by atoms with E-state index in [4.69, 9.17) is 0 Å². The average molecular weight is 469 g/mol. The van der Waals surface area contributed by atoms with Crippen molar-refractivity contribution in [3.05, 3.63) is 35.5 Å². The zero-order valence-corrected chi connectivity index (χ0v) is 22.1. The maximum atomic E-state index is 10.5. The molecule has 190 valence electrons. The zero-order chi connectivity index (χ0) is 24.9. The SMILES string of the molecule is C=C1/C(=C\C=C2/CCC[C@]3(C)C(C(C)C#CCCCC(O)(CC)CC)CC[C@@H]23)C[C@@H](O)C[C@@H]1O. The van der Waals surface area contributed by atoms with Crippen molar-refractivity contribution in [3.63, 3.8) is 0 Å². The zero-order valence-electron chi connectivity index (χ0n) is 22.1. The molecule has 0 saturated heterocycles. The van der Waals surface area contributed by atoms with Crippen molar-refractivity contribution >= 4 is 0 Å². The van der Waals surface area contributed by atoms with Gasteiger partial charge in [-0.05, 0) is 92.6 Å². The summed E-state index contributed by atoms with van der Waals surface area (Å²) >= 11 is 0. The van der Waals surface area contributed by atoms with E-state index in [0.29, 0.717) is 36.0 Å². The normalized spacial score (nSPS) is 35.2. The monoisotopic (exact) mass is 468 g/mol. The van der Waals surface area contributed by atoms with Crippen molar-refractivity contribution in [1.82, 2.24) is 0 Å². The van der Waals surface area contributed by atoms with E-state index in [1.54, 1.807) is 0 Å². The second-order valence-corrected chi connectivity index (χ2v) is 11.6. The first-order valence-corrected chi connectivity index (χ1v) is 13.8. The summed E-state index contributed by atoms with van der Waals surface area (Å²) in [5.74, 6) is 8.65.